The topological polar surface area (TPSA) is 32.3 Å². The van der Waals surface area contributed by atoms with Crippen molar-refractivity contribution in [2.24, 2.45) is 0 Å². The lowest BCUT2D eigenvalue weighted by molar-refractivity contribution is 0.475. The predicted molar refractivity (Wildman–Crippen MR) is 86.1 cm³/mol. The molecule has 0 amide bonds. The minimum absolute atomic E-state index is 0.122. The highest BCUT2D eigenvalue weighted by atomic mass is 35.5. The Kier molecular flexibility index (Phi) is 3.90. The molecule has 2 N–H and O–H groups in total. The molecule has 1 unspecified atom stereocenters. The first-order chi connectivity index (χ1) is 9.63. The van der Waals surface area contributed by atoms with Crippen LogP contribution in [0.3, 0.4) is 0 Å². The van der Waals surface area contributed by atoms with Gasteiger partial charge in [0, 0.05) is 15.4 Å². The highest BCUT2D eigenvalue weighted by molar-refractivity contribution is 7.12. The van der Waals surface area contributed by atoms with Gasteiger partial charge in [-0.15, -0.1) is 11.3 Å². The van der Waals surface area contributed by atoms with Crippen molar-refractivity contribution in [3.63, 3.8) is 0 Å². The largest absolute Gasteiger partial charge is 0.506 e. The number of aryl methyl sites for hydroxylation is 2. The number of hydrogen-bond donors (Lipinski definition) is 2. The van der Waals surface area contributed by atoms with E-state index in [-0.39, 0.29) is 11.8 Å². The number of phenols is 1. The van der Waals surface area contributed by atoms with Crippen molar-refractivity contribution in [3.05, 3.63) is 44.6 Å². The van der Waals surface area contributed by atoms with E-state index in [1.54, 1.807) is 17.0 Å². The van der Waals surface area contributed by atoms with Crippen LogP contribution in [0.4, 0.5) is 5.69 Å². The van der Waals surface area contributed by atoms with E-state index < -0.39 is 0 Å². The molecular formula is C16H18ClNOS. The molecule has 0 bridgehead atoms. The zero-order chi connectivity index (χ0) is 14.1. The fourth-order valence-corrected chi connectivity index (χ4v) is 4.09. The standard InChI is InChI=1S/C16H18ClNOS/c1-10(18-12-6-7-14(19)13(17)9-12)16-8-11-4-2-3-5-15(11)20-16/h6-10,18-19H,2-5H2,1H3. The number of phenolic OH excluding ortho intramolecular Hbond substituents is 1. The van der Waals surface area contributed by atoms with Crippen LogP contribution >= 0.6 is 22.9 Å². The summed E-state index contributed by atoms with van der Waals surface area (Å²) in [5.74, 6) is 0.122. The van der Waals surface area contributed by atoms with Crippen LogP contribution in [0.5, 0.6) is 5.75 Å². The van der Waals surface area contributed by atoms with Gasteiger partial charge in [0.1, 0.15) is 5.75 Å². The Bertz CT molecular complexity index is 599. The molecule has 1 aromatic heterocycles. The van der Waals surface area contributed by atoms with Crippen LogP contribution in [-0.2, 0) is 12.8 Å². The van der Waals surface area contributed by atoms with Crippen LogP contribution < -0.4 is 5.32 Å². The lowest BCUT2D eigenvalue weighted by Crippen LogP contribution is -2.04. The van der Waals surface area contributed by atoms with E-state index in [0.29, 0.717) is 5.02 Å². The van der Waals surface area contributed by atoms with Crippen molar-refractivity contribution < 1.29 is 5.11 Å². The quantitative estimate of drug-likeness (QED) is 0.768. The number of fused-ring (bicyclic) bond motifs is 1. The molecule has 0 spiro atoms. The van der Waals surface area contributed by atoms with E-state index in [1.807, 2.05) is 17.4 Å². The summed E-state index contributed by atoms with van der Waals surface area (Å²) >= 11 is 7.86. The van der Waals surface area contributed by atoms with Gasteiger partial charge in [-0.2, -0.15) is 0 Å². The Morgan fingerprint density at radius 1 is 1.25 bits per heavy atom. The molecule has 2 nitrogen and oxygen atoms in total. The van der Waals surface area contributed by atoms with Crippen molar-refractivity contribution in [3.8, 4) is 5.75 Å². The molecule has 2 aromatic rings. The number of anilines is 1. The number of hydrogen-bond acceptors (Lipinski definition) is 3. The first-order valence-corrected chi connectivity index (χ1v) is 8.19. The zero-order valence-corrected chi connectivity index (χ0v) is 13.0. The number of halogens is 1. The lowest BCUT2D eigenvalue weighted by Gasteiger charge is -2.14. The second-order valence-electron chi connectivity index (χ2n) is 5.34. The van der Waals surface area contributed by atoms with Gasteiger partial charge in [-0.25, -0.2) is 0 Å². The zero-order valence-electron chi connectivity index (χ0n) is 11.4. The van der Waals surface area contributed by atoms with Crippen LogP contribution in [0.2, 0.25) is 5.02 Å². The van der Waals surface area contributed by atoms with Crippen molar-refractivity contribution in [2.45, 2.75) is 38.6 Å². The minimum Gasteiger partial charge on any atom is -0.506 e. The van der Waals surface area contributed by atoms with E-state index in [4.69, 9.17) is 11.6 Å². The average molecular weight is 308 g/mol. The van der Waals surface area contributed by atoms with Crippen LogP contribution in [0.15, 0.2) is 24.3 Å². The number of benzene rings is 1. The van der Waals surface area contributed by atoms with Crippen LogP contribution in [0.1, 0.15) is 41.1 Å². The molecule has 1 atom stereocenters. The van der Waals surface area contributed by atoms with Crippen LogP contribution in [0, 0.1) is 0 Å². The van der Waals surface area contributed by atoms with Crippen molar-refractivity contribution in [1.82, 2.24) is 0 Å². The Balaban J connectivity index is 1.76. The van der Waals surface area contributed by atoms with Crippen LogP contribution in [-0.4, -0.2) is 5.11 Å². The molecule has 0 aliphatic heterocycles. The molecule has 1 aliphatic rings. The normalized spacial score (nSPS) is 15.7. The summed E-state index contributed by atoms with van der Waals surface area (Å²) in [4.78, 5) is 2.93. The van der Waals surface area contributed by atoms with Gasteiger partial charge in [-0.3, -0.25) is 0 Å². The summed E-state index contributed by atoms with van der Waals surface area (Å²) < 4.78 is 0. The Hall–Kier alpha value is -1.19. The molecule has 1 heterocycles. The third-order valence-corrected chi connectivity index (χ3v) is 5.50. The average Bonchev–Trinajstić information content (AvgIpc) is 2.87. The third-order valence-electron chi connectivity index (χ3n) is 3.77. The van der Waals surface area contributed by atoms with E-state index >= 15 is 0 Å². The third kappa shape index (κ3) is 2.79. The molecule has 4 heteroatoms. The van der Waals surface area contributed by atoms with Gasteiger partial charge in [0.2, 0.25) is 0 Å². The van der Waals surface area contributed by atoms with Crippen molar-refractivity contribution >= 4 is 28.6 Å². The highest BCUT2D eigenvalue weighted by Crippen LogP contribution is 2.35. The fourth-order valence-electron chi connectivity index (χ4n) is 2.64. The second kappa shape index (κ2) is 5.66. The van der Waals surface area contributed by atoms with Crippen molar-refractivity contribution in [2.75, 3.05) is 5.32 Å². The van der Waals surface area contributed by atoms with Gasteiger partial charge in [-0.1, -0.05) is 11.6 Å². The smallest absolute Gasteiger partial charge is 0.134 e. The highest BCUT2D eigenvalue weighted by Gasteiger charge is 2.16. The molecule has 1 aromatic carbocycles. The Labute approximate surface area is 128 Å². The number of rotatable bonds is 3. The van der Waals surface area contributed by atoms with Gasteiger partial charge in [0.25, 0.3) is 0 Å². The summed E-state index contributed by atoms with van der Waals surface area (Å²) in [7, 11) is 0. The first kappa shape index (κ1) is 13.8. The monoisotopic (exact) mass is 307 g/mol. The van der Waals surface area contributed by atoms with E-state index in [2.05, 4.69) is 18.3 Å². The SMILES string of the molecule is CC(Nc1ccc(O)c(Cl)c1)c1cc2c(s1)CCCC2. The van der Waals surface area contributed by atoms with Gasteiger partial charge < -0.3 is 10.4 Å². The summed E-state index contributed by atoms with van der Waals surface area (Å²) in [6, 6.07) is 7.84. The summed E-state index contributed by atoms with van der Waals surface area (Å²) in [5, 5.41) is 13.3. The second-order valence-corrected chi connectivity index (χ2v) is 6.91. The minimum atomic E-state index is 0.122. The molecule has 0 fully saturated rings. The summed E-state index contributed by atoms with van der Waals surface area (Å²) in [6.07, 6.45) is 5.10. The Morgan fingerprint density at radius 2 is 2.05 bits per heavy atom. The maximum Gasteiger partial charge on any atom is 0.134 e. The first-order valence-electron chi connectivity index (χ1n) is 7.00. The summed E-state index contributed by atoms with van der Waals surface area (Å²) in [5.41, 5.74) is 2.47. The van der Waals surface area contributed by atoms with Crippen molar-refractivity contribution in [1.29, 1.82) is 0 Å². The van der Waals surface area contributed by atoms with E-state index in [1.165, 1.54) is 36.1 Å². The molecule has 0 radical (unpaired) electrons. The number of thiophene rings is 1. The summed E-state index contributed by atoms with van der Waals surface area (Å²) in [6.45, 7) is 2.16. The van der Waals surface area contributed by atoms with Gasteiger partial charge in [0.05, 0.1) is 11.1 Å². The molecule has 0 saturated carbocycles. The van der Waals surface area contributed by atoms with Gasteiger partial charge >= 0.3 is 0 Å². The molecular weight excluding hydrogens is 290 g/mol. The van der Waals surface area contributed by atoms with E-state index in [0.717, 1.165) is 5.69 Å². The molecule has 0 saturated heterocycles. The van der Waals surface area contributed by atoms with Crippen LogP contribution in [0.25, 0.3) is 0 Å². The van der Waals surface area contributed by atoms with Gasteiger partial charge in [0.15, 0.2) is 0 Å². The van der Waals surface area contributed by atoms with Gasteiger partial charge in [-0.05, 0) is 62.4 Å². The fraction of sp³-hybridized carbons (Fsp3) is 0.375. The lowest BCUT2D eigenvalue weighted by atomic mass is 9.99. The number of nitrogens with one attached hydrogen (secondary N) is 1. The van der Waals surface area contributed by atoms with E-state index in [9.17, 15) is 5.11 Å². The maximum absolute atomic E-state index is 9.45. The predicted octanol–water partition coefficient (Wildman–Crippen LogP) is 5.16. The number of aromatic hydroxyl groups is 1. The Morgan fingerprint density at radius 3 is 2.80 bits per heavy atom. The molecule has 3 rings (SSSR count). The maximum atomic E-state index is 9.45. The molecule has 20 heavy (non-hydrogen) atoms. The molecule has 1 aliphatic carbocycles. The molecule has 106 valence electrons.